The molecule has 132 valence electrons. The second-order valence-corrected chi connectivity index (χ2v) is 5.95. The SMILES string of the molecule is COc1ccc(C(=O)OCC(=O)NCc2ccc(C)c(C)c2)c(C)c1. The average Bonchev–Trinajstić information content (AvgIpc) is 2.60. The molecular weight excluding hydrogens is 318 g/mol. The summed E-state index contributed by atoms with van der Waals surface area (Å²) in [7, 11) is 1.56. The summed E-state index contributed by atoms with van der Waals surface area (Å²) in [5, 5.41) is 2.75. The van der Waals surface area contributed by atoms with Crippen molar-refractivity contribution in [1.29, 1.82) is 0 Å². The predicted molar refractivity (Wildman–Crippen MR) is 95.8 cm³/mol. The summed E-state index contributed by atoms with van der Waals surface area (Å²) in [4.78, 5) is 24.0. The van der Waals surface area contributed by atoms with Crippen molar-refractivity contribution in [1.82, 2.24) is 5.32 Å². The fourth-order valence-electron chi connectivity index (χ4n) is 2.37. The van der Waals surface area contributed by atoms with E-state index in [4.69, 9.17) is 9.47 Å². The highest BCUT2D eigenvalue weighted by Gasteiger charge is 2.13. The number of carbonyl (C=O) groups excluding carboxylic acids is 2. The molecule has 5 nitrogen and oxygen atoms in total. The van der Waals surface area contributed by atoms with Crippen molar-refractivity contribution < 1.29 is 19.1 Å². The first-order valence-electron chi connectivity index (χ1n) is 8.05. The lowest BCUT2D eigenvalue weighted by atomic mass is 10.1. The van der Waals surface area contributed by atoms with Gasteiger partial charge in [-0.3, -0.25) is 4.79 Å². The fraction of sp³-hybridized carbons (Fsp3) is 0.300. The Morgan fingerprint density at radius 2 is 1.72 bits per heavy atom. The number of carbonyl (C=O) groups is 2. The summed E-state index contributed by atoms with van der Waals surface area (Å²) in [6, 6.07) is 11.1. The van der Waals surface area contributed by atoms with Gasteiger partial charge in [-0.25, -0.2) is 4.79 Å². The van der Waals surface area contributed by atoms with Crippen LogP contribution in [0.25, 0.3) is 0 Å². The van der Waals surface area contributed by atoms with Gasteiger partial charge in [-0.1, -0.05) is 18.2 Å². The highest BCUT2D eigenvalue weighted by atomic mass is 16.5. The zero-order valence-electron chi connectivity index (χ0n) is 15.0. The topological polar surface area (TPSA) is 64.6 Å². The van der Waals surface area contributed by atoms with E-state index in [1.807, 2.05) is 32.0 Å². The smallest absolute Gasteiger partial charge is 0.338 e. The quantitative estimate of drug-likeness (QED) is 0.820. The highest BCUT2D eigenvalue weighted by molar-refractivity contribution is 5.92. The molecule has 0 fully saturated rings. The van der Waals surface area contributed by atoms with Crippen LogP contribution in [0.3, 0.4) is 0 Å². The Morgan fingerprint density at radius 3 is 2.36 bits per heavy atom. The normalized spacial score (nSPS) is 10.2. The van der Waals surface area contributed by atoms with E-state index in [-0.39, 0.29) is 12.5 Å². The molecule has 0 aliphatic heterocycles. The Hall–Kier alpha value is -2.82. The van der Waals surface area contributed by atoms with Gasteiger partial charge in [0.25, 0.3) is 5.91 Å². The number of methoxy groups -OCH3 is 1. The first kappa shape index (κ1) is 18.5. The second kappa shape index (κ2) is 8.33. The Morgan fingerprint density at radius 1 is 0.960 bits per heavy atom. The summed E-state index contributed by atoms with van der Waals surface area (Å²) in [6.45, 7) is 5.95. The van der Waals surface area contributed by atoms with Crippen molar-refractivity contribution in [3.63, 3.8) is 0 Å². The number of benzene rings is 2. The van der Waals surface area contributed by atoms with Crippen LogP contribution < -0.4 is 10.1 Å². The molecule has 0 saturated carbocycles. The number of hydrogen-bond donors (Lipinski definition) is 1. The summed E-state index contributed by atoms with van der Waals surface area (Å²) < 4.78 is 10.2. The minimum Gasteiger partial charge on any atom is -0.497 e. The zero-order chi connectivity index (χ0) is 18.4. The van der Waals surface area contributed by atoms with Gasteiger partial charge < -0.3 is 14.8 Å². The van der Waals surface area contributed by atoms with Crippen LogP contribution in [0.5, 0.6) is 5.75 Å². The van der Waals surface area contributed by atoms with Crippen LogP contribution in [0.4, 0.5) is 0 Å². The number of aryl methyl sites for hydroxylation is 3. The Labute approximate surface area is 148 Å². The van der Waals surface area contributed by atoms with Gasteiger partial charge in [0.15, 0.2) is 6.61 Å². The van der Waals surface area contributed by atoms with Gasteiger partial charge in [0.05, 0.1) is 12.7 Å². The van der Waals surface area contributed by atoms with Crippen molar-refractivity contribution in [2.45, 2.75) is 27.3 Å². The Bertz CT molecular complexity index is 783. The molecule has 0 radical (unpaired) electrons. The molecule has 2 aromatic rings. The van der Waals surface area contributed by atoms with Crippen LogP contribution in [0.15, 0.2) is 36.4 Å². The van der Waals surface area contributed by atoms with E-state index in [0.717, 1.165) is 11.1 Å². The van der Waals surface area contributed by atoms with Gasteiger partial charge in [0.2, 0.25) is 0 Å². The van der Waals surface area contributed by atoms with E-state index < -0.39 is 5.97 Å². The van der Waals surface area contributed by atoms with Crippen LogP contribution >= 0.6 is 0 Å². The van der Waals surface area contributed by atoms with Crippen LogP contribution in [-0.2, 0) is 16.1 Å². The lowest BCUT2D eigenvalue weighted by Crippen LogP contribution is -2.28. The molecule has 1 amide bonds. The van der Waals surface area contributed by atoms with E-state index >= 15 is 0 Å². The molecule has 0 saturated heterocycles. The molecular formula is C20H23NO4. The molecule has 0 bridgehead atoms. The molecule has 0 spiro atoms. The lowest BCUT2D eigenvalue weighted by molar-refractivity contribution is -0.124. The second-order valence-electron chi connectivity index (χ2n) is 5.95. The summed E-state index contributed by atoms with van der Waals surface area (Å²) >= 11 is 0. The van der Waals surface area contributed by atoms with Crippen LogP contribution in [0, 0.1) is 20.8 Å². The number of nitrogens with one attached hydrogen (secondary N) is 1. The van der Waals surface area contributed by atoms with E-state index in [9.17, 15) is 9.59 Å². The van der Waals surface area contributed by atoms with Crippen molar-refractivity contribution >= 4 is 11.9 Å². The maximum Gasteiger partial charge on any atom is 0.338 e. The minimum absolute atomic E-state index is 0.310. The van der Waals surface area contributed by atoms with E-state index in [1.165, 1.54) is 11.1 Å². The van der Waals surface area contributed by atoms with Crippen LogP contribution in [-0.4, -0.2) is 25.6 Å². The minimum atomic E-state index is -0.526. The molecule has 5 heteroatoms. The number of hydrogen-bond acceptors (Lipinski definition) is 4. The number of ether oxygens (including phenoxy) is 2. The molecule has 0 unspecified atom stereocenters. The largest absolute Gasteiger partial charge is 0.497 e. The van der Waals surface area contributed by atoms with Crippen molar-refractivity contribution in [2.75, 3.05) is 13.7 Å². The predicted octanol–water partition coefficient (Wildman–Crippen LogP) is 3.09. The van der Waals surface area contributed by atoms with E-state index in [0.29, 0.717) is 17.9 Å². The van der Waals surface area contributed by atoms with Gasteiger partial charge in [0, 0.05) is 6.54 Å². The molecule has 0 aliphatic carbocycles. The monoisotopic (exact) mass is 341 g/mol. The number of esters is 1. The molecule has 0 aromatic heterocycles. The van der Waals surface area contributed by atoms with Crippen molar-refractivity contribution in [3.05, 3.63) is 64.2 Å². The third-order valence-electron chi connectivity index (χ3n) is 4.05. The van der Waals surface area contributed by atoms with Gasteiger partial charge in [-0.05, 0) is 61.2 Å². The molecule has 0 aliphatic rings. The maximum atomic E-state index is 12.1. The number of amides is 1. The molecule has 25 heavy (non-hydrogen) atoms. The standard InChI is InChI=1S/C20H23NO4/c1-13-5-6-16(9-14(13)2)11-21-19(22)12-25-20(23)18-8-7-17(24-4)10-15(18)3/h5-10H,11-12H2,1-4H3,(H,21,22). The van der Waals surface area contributed by atoms with Gasteiger partial charge in [-0.15, -0.1) is 0 Å². The maximum absolute atomic E-state index is 12.1. The summed E-state index contributed by atoms with van der Waals surface area (Å²) in [6.07, 6.45) is 0. The Balaban J connectivity index is 1.85. The molecule has 2 aromatic carbocycles. The van der Waals surface area contributed by atoms with Crippen molar-refractivity contribution in [2.24, 2.45) is 0 Å². The first-order valence-corrected chi connectivity index (χ1v) is 8.05. The summed E-state index contributed by atoms with van der Waals surface area (Å²) in [5.74, 6) is -0.195. The van der Waals surface area contributed by atoms with E-state index in [2.05, 4.69) is 5.32 Å². The zero-order valence-corrected chi connectivity index (χ0v) is 15.0. The third-order valence-corrected chi connectivity index (χ3v) is 4.05. The van der Waals surface area contributed by atoms with Crippen LogP contribution in [0.1, 0.15) is 32.6 Å². The number of rotatable bonds is 6. The lowest BCUT2D eigenvalue weighted by Gasteiger charge is -2.10. The Kier molecular flexibility index (Phi) is 6.17. The third kappa shape index (κ3) is 5.08. The van der Waals surface area contributed by atoms with E-state index in [1.54, 1.807) is 32.2 Å². The van der Waals surface area contributed by atoms with Gasteiger partial charge in [0.1, 0.15) is 5.75 Å². The summed E-state index contributed by atoms with van der Waals surface area (Å²) in [5.41, 5.74) is 4.54. The van der Waals surface area contributed by atoms with Gasteiger partial charge in [-0.2, -0.15) is 0 Å². The fourth-order valence-corrected chi connectivity index (χ4v) is 2.37. The van der Waals surface area contributed by atoms with Gasteiger partial charge >= 0.3 is 5.97 Å². The van der Waals surface area contributed by atoms with Crippen molar-refractivity contribution in [3.8, 4) is 5.75 Å². The molecule has 1 N–H and O–H groups in total. The van der Waals surface area contributed by atoms with Crippen LogP contribution in [0.2, 0.25) is 0 Å². The molecule has 0 heterocycles. The molecule has 0 atom stereocenters. The first-order chi connectivity index (χ1) is 11.9. The highest BCUT2D eigenvalue weighted by Crippen LogP contribution is 2.17. The molecule has 2 rings (SSSR count). The average molecular weight is 341 g/mol.